The summed E-state index contributed by atoms with van der Waals surface area (Å²) in [6, 6.07) is 4.09. The highest BCUT2D eigenvalue weighted by Gasteiger charge is 2.10. The Morgan fingerprint density at radius 2 is 2.27 bits per heavy atom. The first-order valence-corrected chi connectivity index (χ1v) is 4.75. The number of hydrogen-bond donors (Lipinski definition) is 1. The Balaban J connectivity index is 2.91. The summed E-state index contributed by atoms with van der Waals surface area (Å²) in [7, 11) is 0. The number of aliphatic hydroxyl groups is 1. The first-order valence-electron chi connectivity index (χ1n) is 4.75. The monoisotopic (exact) mass is 210 g/mol. The molecule has 0 aliphatic carbocycles. The van der Waals surface area contributed by atoms with Crippen LogP contribution in [-0.4, -0.2) is 11.7 Å². The molecule has 0 bridgehead atoms. The molecule has 0 unspecified atom stereocenters. The second kappa shape index (κ2) is 4.94. The van der Waals surface area contributed by atoms with Crippen LogP contribution in [0.2, 0.25) is 0 Å². The maximum absolute atomic E-state index is 13.0. The first kappa shape index (κ1) is 11.7. The molecule has 1 aromatic rings. The van der Waals surface area contributed by atoms with Crippen LogP contribution in [0.5, 0.6) is 5.75 Å². The molecular weight excluding hydrogens is 195 g/mol. The molecule has 1 rings (SSSR count). The van der Waals surface area contributed by atoms with E-state index in [0.717, 1.165) is 5.57 Å². The van der Waals surface area contributed by atoms with Gasteiger partial charge in [-0.05, 0) is 31.6 Å². The van der Waals surface area contributed by atoms with Gasteiger partial charge < -0.3 is 9.84 Å². The van der Waals surface area contributed by atoms with Crippen LogP contribution >= 0.6 is 0 Å². The van der Waals surface area contributed by atoms with Crippen molar-refractivity contribution in [1.29, 1.82) is 0 Å². The normalized spacial score (nSPS) is 12.3. The van der Waals surface area contributed by atoms with Crippen LogP contribution in [0.25, 0.3) is 0 Å². The van der Waals surface area contributed by atoms with Gasteiger partial charge in [0.2, 0.25) is 0 Å². The maximum Gasteiger partial charge on any atom is 0.128 e. The standard InChI is InChI=1S/C12H15FO2/c1-8(2)7-15-12-6-10(13)4-5-11(12)9(3)14/h4-6,9,14H,1,7H2,2-3H3/t9-/m0/s1. The Bertz CT molecular complexity index is 359. The summed E-state index contributed by atoms with van der Waals surface area (Å²) in [5, 5.41) is 9.44. The topological polar surface area (TPSA) is 29.5 Å². The van der Waals surface area contributed by atoms with Gasteiger partial charge >= 0.3 is 0 Å². The van der Waals surface area contributed by atoms with Gasteiger partial charge in [-0.25, -0.2) is 4.39 Å². The van der Waals surface area contributed by atoms with Crippen molar-refractivity contribution in [3.8, 4) is 5.75 Å². The highest BCUT2D eigenvalue weighted by Crippen LogP contribution is 2.26. The minimum absolute atomic E-state index is 0.323. The summed E-state index contributed by atoms with van der Waals surface area (Å²) in [6.45, 7) is 7.44. The molecule has 0 spiro atoms. The van der Waals surface area contributed by atoms with Crippen LogP contribution in [0.3, 0.4) is 0 Å². The SMILES string of the molecule is C=C(C)COc1cc(F)ccc1[C@H](C)O. The Morgan fingerprint density at radius 1 is 1.60 bits per heavy atom. The van der Waals surface area contributed by atoms with Crippen LogP contribution in [-0.2, 0) is 0 Å². The van der Waals surface area contributed by atoms with E-state index in [1.54, 1.807) is 6.92 Å². The van der Waals surface area contributed by atoms with Crippen molar-refractivity contribution in [3.05, 3.63) is 41.7 Å². The second-order valence-electron chi connectivity index (χ2n) is 3.60. The largest absolute Gasteiger partial charge is 0.489 e. The third kappa shape index (κ3) is 3.36. The van der Waals surface area contributed by atoms with E-state index in [1.807, 2.05) is 6.92 Å². The highest BCUT2D eigenvalue weighted by molar-refractivity contribution is 5.35. The zero-order chi connectivity index (χ0) is 11.4. The lowest BCUT2D eigenvalue weighted by Gasteiger charge is -2.13. The van der Waals surface area contributed by atoms with Crippen LogP contribution in [0.4, 0.5) is 4.39 Å². The molecule has 15 heavy (non-hydrogen) atoms. The molecule has 0 amide bonds. The van der Waals surface area contributed by atoms with E-state index in [-0.39, 0.29) is 5.82 Å². The lowest BCUT2D eigenvalue weighted by Crippen LogP contribution is -2.03. The van der Waals surface area contributed by atoms with Crippen molar-refractivity contribution < 1.29 is 14.2 Å². The average molecular weight is 210 g/mol. The van der Waals surface area contributed by atoms with E-state index in [1.165, 1.54) is 18.2 Å². The van der Waals surface area contributed by atoms with Crippen molar-refractivity contribution in [2.24, 2.45) is 0 Å². The molecule has 0 aliphatic rings. The van der Waals surface area contributed by atoms with Crippen molar-refractivity contribution in [3.63, 3.8) is 0 Å². The zero-order valence-corrected chi connectivity index (χ0v) is 8.96. The van der Waals surface area contributed by atoms with Gasteiger partial charge in [0, 0.05) is 11.6 Å². The fraction of sp³-hybridized carbons (Fsp3) is 0.333. The van der Waals surface area contributed by atoms with Crippen molar-refractivity contribution in [2.45, 2.75) is 20.0 Å². The van der Waals surface area contributed by atoms with Gasteiger partial charge in [-0.1, -0.05) is 6.58 Å². The summed E-state index contributed by atoms with van der Waals surface area (Å²) in [6.07, 6.45) is -0.675. The van der Waals surface area contributed by atoms with Gasteiger partial charge in [-0.15, -0.1) is 0 Å². The van der Waals surface area contributed by atoms with E-state index in [9.17, 15) is 9.50 Å². The number of hydrogen-bond acceptors (Lipinski definition) is 2. The first-order chi connectivity index (χ1) is 7.00. The van der Waals surface area contributed by atoms with Crippen LogP contribution in [0.15, 0.2) is 30.4 Å². The van der Waals surface area contributed by atoms with E-state index >= 15 is 0 Å². The minimum Gasteiger partial charge on any atom is -0.489 e. The molecule has 0 aromatic heterocycles. The van der Waals surface area contributed by atoms with E-state index < -0.39 is 6.10 Å². The molecule has 0 saturated carbocycles. The predicted molar refractivity (Wildman–Crippen MR) is 57.3 cm³/mol. The number of rotatable bonds is 4. The zero-order valence-electron chi connectivity index (χ0n) is 8.96. The molecule has 1 aromatic carbocycles. The Morgan fingerprint density at radius 3 is 2.80 bits per heavy atom. The van der Waals surface area contributed by atoms with E-state index in [4.69, 9.17) is 4.74 Å². The van der Waals surface area contributed by atoms with Crippen LogP contribution < -0.4 is 4.74 Å². The van der Waals surface area contributed by atoms with Crippen LogP contribution in [0, 0.1) is 5.82 Å². The molecular formula is C12H15FO2. The number of halogens is 1. The summed E-state index contributed by atoms with van der Waals surface area (Å²) in [4.78, 5) is 0. The van der Waals surface area contributed by atoms with E-state index in [0.29, 0.717) is 17.9 Å². The molecule has 1 atom stereocenters. The molecule has 1 N–H and O–H groups in total. The van der Waals surface area contributed by atoms with Gasteiger partial charge in [0.25, 0.3) is 0 Å². The lowest BCUT2D eigenvalue weighted by molar-refractivity contribution is 0.192. The molecule has 2 nitrogen and oxygen atoms in total. The number of benzene rings is 1. The average Bonchev–Trinajstić information content (AvgIpc) is 2.14. The second-order valence-corrected chi connectivity index (χ2v) is 3.60. The van der Waals surface area contributed by atoms with Gasteiger partial charge in [0.05, 0.1) is 6.10 Å². The van der Waals surface area contributed by atoms with Gasteiger partial charge in [0.1, 0.15) is 18.2 Å². The molecule has 3 heteroatoms. The quantitative estimate of drug-likeness (QED) is 0.774. The van der Waals surface area contributed by atoms with Crippen molar-refractivity contribution >= 4 is 0 Å². The molecule has 0 heterocycles. The highest BCUT2D eigenvalue weighted by atomic mass is 19.1. The van der Waals surface area contributed by atoms with Crippen LogP contribution in [0.1, 0.15) is 25.5 Å². The fourth-order valence-electron chi connectivity index (χ4n) is 1.18. The lowest BCUT2D eigenvalue weighted by atomic mass is 10.1. The molecule has 0 saturated heterocycles. The van der Waals surface area contributed by atoms with Gasteiger partial charge in [0.15, 0.2) is 0 Å². The van der Waals surface area contributed by atoms with E-state index in [2.05, 4.69) is 6.58 Å². The third-order valence-corrected chi connectivity index (χ3v) is 1.90. The molecule has 0 fully saturated rings. The molecule has 0 radical (unpaired) electrons. The van der Waals surface area contributed by atoms with Crippen molar-refractivity contribution in [2.75, 3.05) is 6.61 Å². The molecule has 82 valence electrons. The Hall–Kier alpha value is -1.35. The summed E-state index contributed by atoms with van der Waals surface area (Å²) in [5.74, 6) is -0.0101. The smallest absolute Gasteiger partial charge is 0.128 e. The summed E-state index contributed by atoms with van der Waals surface area (Å²) < 4.78 is 18.3. The number of ether oxygens (including phenoxy) is 1. The Labute approximate surface area is 89.0 Å². The maximum atomic E-state index is 13.0. The van der Waals surface area contributed by atoms with Gasteiger partial charge in [-0.2, -0.15) is 0 Å². The third-order valence-electron chi connectivity index (χ3n) is 1.90. The van der Waals surface area contributed by atoms with Gasteiger partial charge in [-0.3, -0.25) is 0 Å². The number of aliphatic hydroxyl groups excluding tert-OH is 1. The summed E-state index contributed by atoms with van der Waals surface area (Å²) in [5.41, 5.74) is 1.42. The fourth-order valence-corrected chi connectivity index (χ4v) is 1.18. The molecule has 0 aliphatic heterocycles. The minimum atomic E-state index is -0.675. The summed E-state index contributed by atoms with van der Waals surface area (Å²) >= 11 is 0. The Kier molecular flexibility index (Phi) is 3.86. The predicted octanol–water partition coefficient (Wildman–Crippen LogP) is 2.83. The van der Waals surface area contributed by atoms with Crippen molar-refractivity contribution in [1.82, 2.24) is 0 Å².